The molecule has 21 heavy (non-hydrogen) atoms. The molecule has 1 atom stereocenters. The van der Waals surface area contributed by atoms with E-state index in [1.165, 1.54) is 18.2 Å². The summed E-state index contributed by atoms with van der Waals surface area (Å²) in [6.45, 7) is 3.88. The molecule has 1 fully saturated rings. The maximum atomic E-state index is 11.9. The molecular formula is C13H15ClNO5S-. The first-order valence-electron chi connectivity index (χ1n) is 6.44. The van der Waals surface area contributed by atoms with Gasteiger partial charge in [0.25, 0.3) is 0 Å². The average Bonchev–Trinajstić information content (AvgIpc) is 2.48. The van der Waals surface area contributed by atoms with Crippen molar-refractivity contribution >= 4 is 28.7 Å². The number of halogens is 1. The number of ether oxygens (including phenoxy) is 2. The first kappa shape index (κ1) is 16.4. The summed E-state index contributed by atoms with van der Waals surface area (Å²) >= 11 is 3.25. The van der Waals surface area contributed by atoms with E-state index >= 15 is 0 Å². The Bertz CT molecular complexity index is 533. The van der Waals surface area contributed by atoms with Crippen molar-refractivity contribution in [2.45, 2.75) is 4.90 Å². The number of rotatable bonds is 5. The molecule has 6 nitrogen and oxygen atoms in total. The quantitative estimate of drug-likeness (QED) is 0.593. The summed E-state index contributed by atoms with van der Waals surface area (Å²) in [5.41, 5.74) is 0.167. The molecule has 2 rings (SSSR count). The zero-order valence-corrected chi connectivity index (χ0v) is 12.8. The second kappa shape index (κ2) is 7.86. The van der Waals surface area contributed by atoms with Crippen molar-refractivity contribution in [3.63, 3.8) is 0 Å². The number of carbonyl (C=O) groups is 1. The number of hydrogen-bond donors (Lipinski definition) is 0. The molecule has 0 spiro atoms. The predicted molar refractivity (Wildman–Crippen MR) is 76.2 cm³/mol. The normalized spacial score (nSPS) is 17.4. The van der Waals surface area contributed by atoms with Crippen molar-refractivity contribution in [1.29, 1.82) is 0 Å². The van der Waals surface area contributed by atoms with Crippen molar-refractivity contribution < 1.29 is 23.0 Å². The van der Waals surface area contributed by atoms with E-state index in [0.29, 0.717) is 19.8 Å². The molecule has 0 radical (unpaired) electrons. The van der Waals surface area contributed by atoms with E-state index in [-0.39, 0.29) is 22.1 Å². The van der Waals surface area contributed by atoms with E-state index in [1.54, 1.807) is 0 Å². The summed E-state index contributed by atoms with van der Waals surface area (Å²) in [4.78, 5) is 13.9. The van der Waals surface area contributed by atoms with Gasteiger partial charge < -0.3 is 14.0 Å². The van der Waals surface area contributed by atoms with Crippen molar-refractivity contribution in [3.05, 3.63) is 28.8 Å². The Labute approximate surface area is 130 Å². The smallest absolute Gasteiger partial charge is 0.338 e. The molecule has 1 unspecified atom stereocenters. The van der Waals surface area contributed by atoms with Gasteiger partial charge in [0, 0.05) is 24.5 Å². The van der Waals surface area contributed by atoms with Gasteiger partial charge in [-0.3, -0.25) is 9.11 Å². The van der Waals surface area contributed by atoms with Gasteiger partial charge in [0.05, 0.1) is 23.8 Å². The lowest BCUT2D eigenvalue weighted by atomic mass is 10.2. The lowest BCUT2D eigenvalue weighted by Gasteiger charge is -2.26. The molecule has 0 aromatic heterocycles. The zero-order chi connectivity index (χ0) is 15.2. The van der Waals surface area contributed by atoms with Gasteiger partial charge >= 0.3 is 5.97 Å². The number of benzene rings is 1. The van der Waals surface area contributed by atoms with Crippen LogP contribution in [0.3, 0.4) is 0 Å². The predicted octanol–water partition coefficient (Wildman–Crippen LogP) is 1.07. The third kappa shape index (κ3) is 4.76. The Hall–Kier alpha value is -0.990. The highest BCUT2D eigenvalue weighted by Crippen LogP contribution is 2.20. The third-order valence-electron chi connectivity index (χ3n) is 3.09. The van der Waals surface area contributed by atoms with Gasteiger partial charge in [-0.2, -0.15) is 0 Å². The number of carbonyl (C=O) groups excluding carboxylic acids is 1. The third-order valence-corrected chi connectivity index (χ3v) is 4.23. The van der Waals surface area contributed by atoms with Crippen molar-refractivity contribution in [2.24, 2.45) is 0 Å². The monoisotopic (exact) mass is 332 g/mol. The minimum absolute atomic E-state index is 0.0770. The topological polar surface area (TPSA) is 78.9 Å². The summed E-state index contributed by atoms with van der Waals surface area (Å²) in [6, 6.07) is 4.02. The summed E-state index contributed by atoms with van der Waals surface area (Å²) in [7, 11) is 0. The lowest BCUT2D eigenvalue weighted by Crippen LogP contribution is -2.38. The van der Waals surface area contributed by atoms with E-state index in [0.717, 1.165) is 13.1 Å². The van der Waals surface area contributed by atoms with Crippen LogP contribution in [0.25, 0.3) is 0 Å². The minimum atomic E-state index is -2.49. The number of morpholine rings is 1. The SMILES string of the molecule is O=C(OCCN1CCOCC1)c1ccc(Cl)c(S(=O)[O-])c1. The molecule has 0 N–H and O–H groups in total. The molecule has 1 aliphatic heterocycles. The average molecular weight is 333 g/mol. The Morgan fingerprint density at radius 2 is 2.14 bits per heavy atom. The number of esters is 1. The summed E-state index contributed by atoms with van der Waals surface area (Å²) in [6.07, 6.45) is 0. The first-order valence-corrected chi connectivity index (χ1v) is 7.89. The standard InChI is InChI=1S/C13H16ClNO5S/c14-11-2-1-10(9-12(11)21(17)18)13(16)20-8-5-15-3-6-19-7-4-15/h1-2,9H,3-8H2,(H,17,18)/p-1. The molecule has 0 saturated carbocycles. The van der Waals surface area contributed by atoms with Crippen LogP contribution in [0.5, 0.6) is 0 Å². The Morgan fingerprint density at radius 1 is 1.43 bits per heavy atom. The fourth-order valence-electron chi connectivity index (χ4n) is 1.93. The molecule has 8 heteroatoms. The Morgan fingerprint density at radius 3 is 2.81 bits per heavy atom. The molecule has 1 heterocycles. The van der Waals surface area contributed by atoms with Gasteiger partial charge in [-0.25, -0.2) is 4.79 Å². The molecule has 1 aromatic rings. The van der Waals surface area contributed by atoms with E-state index in [9.17, 15) is 13.6 Å². The van der Waals surface area contributed by atoms with Gasteiger partial charge in [0.2, 0.25) is 0 Å². The van der Waals surface area contributed by atoms with Crippen molar-refractivity contribution in [1.82, 2.24) is 4.90 Å². The van der Waals surface area contributed by atoms with Gasteiger partial charge in [-0.05, 0) is 29.3 Å². The van der Waals surface area contributed by atoms with Crippen LogP contribution < -0.4 is 0 Å². The van der Waals surface area contributed by atoms with Gasteiger partial charge in [-0.15, -0.1) is 0 Å². The molecule has 116 valence electrons. The van der Waals surface area contributed by atoms with Crippen LogP contribution in [-0.4, -0.2) is 59.1 Å². The number of hydrogen-bond acceptors (Lipinski definition) is 6. The van der Waals surface area contributed by atoms with Crippen LogP contribution >= 0.6 is 11.6 Å². The fourth-order valence-corrected chi connectivity index (χ4v) is 2.69. The second-order valence-corrected chi connectivity index (χ2v) is 5.79. The molecular weight excluding hydrogens is 318 g/mol. The van der Waals surface area contributed by atoms with E-state index in [1.807, 2.05) is 0 Å². The van der Waals surface area contributed by atoms with Crippen LogP contribution in [0.1, 0.15) is 10.4 Å². The van der Waals surface area contributed by atoms with E-state index < -0.39 is 17.0 Å². The second-order valence-electron chi connectivity index (χ2n) is 4.47. The number of nitrogens with zero attached hydrogens (tertiary/aromatic N) is 1. The molecule has 0 aliphatic carbocycles. The summed E-state index contributed by atoms with van der Waals surface area (Å²) in [5, 5.41) is 0.0770. The highest BCUT2D eigenvalue weighted by atomic mass is 35.5. The lowest BCUT2D eigenvalue weighted by molar-refractivity contribution is 0.0195. The van der Waals surface area contributed by atoms with Crippen molar-refractivity contribution in [2.75, 3.05) is 39.5 Å². The molecule has 1 saturated heterocycles. The van der Waals surface area contributed by atoms with Gasteiger partial charge in [-0.1, -0.05) is 11.6 Å². The Balaban J connectivity index is 1.88. The first-order chi connectivity index (χ1) is 10.1. The molecule has 1 aliphatic rings. The molecule has 0 amide bonds. The van der Waals surface area contributed by atoms with Crippen LogP contribution in [0.2, 0.25) is 5.02 Å². The highest BCUT2D eigenvalue weighted by Gasteiger charge is 2.13. The van der Waals surface area contributed by atoms with E-state index in [4.69, 9.17) is 21.1 Å². The Kier molecular flexibility index (Phi) is 6.13. The molecule has 1 aromatic carbocycles. The maximum Gasteiger partial charge on any atom is 0.338 e. The largest absolute Gasteiger partial charge is 0.768 e. The fraction of sp³-hybridized carbons (Fsp3) is 0.462. The zero-order valence-electron chi connectivity index (χ0n) is 11.2. The van der Waals surface area contributed by atoms with Crippen molar-refractivity contribution in [3.8, 4) is 0 Å². The van der Waals surface area contributed by atoms with E-state index in [2.05, 4.69) is 4.90 Å². The maximum absolute atomic E-state index is 11.9. The van der Waals surface area contributed by atoms with Gasteiger partial charge in [0.1, 0.15) is 6.61 Å². The van der Waals surface area contributed by atoms with Crippen LogP contribution in [-0.2, 0) is 20.6 Å². The van der Waals surface area contributed by atoms with Crippen LogP contribution in [0.15, 0.2) is 23.1 Å². The molecule has 0 bridgehead atoms. The van der Waals surface area contributed by atoms with Gasteiger partial charge in [0.15, 0.2) is 0 Å². The highest BCUT2D eigenvalue weighted by molar-refractivity contribution is 7.79. The minimum Gasteiger partial charge on any atom is -0.768 e. The summed E-state index contributed by atoms with van der Waals surface area (Å²) in [5.74, 6) is -0.563. The van der Waals surface area contributed by atoms with Crippen LogP contribution in [0, 0.1) is 0 Å². The summed E-state index contributed by atoms with van der Waals surface area (Å²) < 4.78 is 32.3. The van der Waals surface area contributed by atoms with Crippen LogP contribution in [0.4, 0.5) is 0 Å².